The van der Waals surface area contributed by atoms with Crippen molar-refractivity contribution in [1.29, 1.82) is 0 Å². The van der Waals surface area contributed by atoms with E-state index in [1.54, 1.807) is 42.5 Å². The molecule has 0 aliphatic carbocycles. The summed E-state index contributed by atoms with van der Waals surface area (Å²) in [5, 5.41) is 6.40. The second kappa shape index (κ2) is 13.3. The molecule has 2 amide bonds. The first-order valence-electron chi connectivity index (χ1n) is 10.8. The third-order valence-corrected chi connectivity index (χ3v) is 5.88. The summed E-state index contributed by atoms with van der Waals surface area (Å²) in [5.74, 6) is -0.0505. The number of hydrogen-bond donors (Lipinski definition) is 2. The van der Waals surface area contributed by atoms with Crippen molar-refractivity contribution >= 4 is 46.6 Å². The molecule has 0 radical (unpaired) electrons. The van der Waals surface area contributed by atoms with E-state index in [1.165, 1.54) is 33.6 Å². The van der Waals surface area contributed by atoms with Crippen molar-refractivity contribution in [2.75, 3.05) is 27.9 Å². The molecule has 2 N–H and O–H groups in total. The van der Waals surface area contributed by atoms with Crippen LogP contribution >= 0.6 is 22.6 Å². The predicted molar refractivity (Wildman–Crippen MR) is 145 cm³/mol. The van der Waals surface area contributed by atoms with Crippen LogP contribution in [-0.2, 0) is 4.79 Å². The van der Waals surface area contributed by atoms with Crippen molar-refractivity contribution in [2.24, 2.45) is 5.10 Å². The summed E-state index contributed by atoms with van der Waals surface area (Å²) in [5.41, 5.74) is 3.67. The van der Waals surface area contributed by atoms with Gasteiger partial charge in [0.25, 0.3) is 11.8 Å². The van der Waals surface area contributed by atoms with Crippen LogP contribution in [0, 0.1) is 3.57 Å². The highest BCUT2D eigenvalue weighted by atomic mass is 127. The van der Waals surface area contributed by atoms with Gasteiger partial charge >= 0.3 is 5.97 Å². The highest BCUT2D eigenvalue weighted by molar-refractivity contribution is 14.1. The molecule has 3 rings (SSSR count). The Kier molecular flexibility index (Phi) is 9.84. The second-order valence-corrected chi connectivity index (χ2v) is 8.49. The number of amides is 2. The third-order valence-electron chi connectivity index (χ3n) is 4.94. The topological polar surface area (TPSA) is 125 Å². The first-order chi connectivity index (χ1) is 17.9. The number of rotatable bonds is 10. The molecule has 0 fully saturated rings. The molecule has 0 saturated heterocycles. The fourth-order valence-corrected chi connectivity index (χ4v) is 3.70. The van der Waals surface area contributed by atoms with Crippen molar-refractivity contribution in [3.8, 4) is 23.0 Å². The Morgan fingerprint density at radius 1 is 0.865 bits per heavy atom. The fraction of sp³-hybridized carbons (Fsp3) is 0.154. The molecule has 0 unspecified atom stereocenters. The molecule has 0 spiro atoms. The zero-order valence-electron chi connectivity index (χ0n) is 20.2. The number of benzene rings is 3. The van der Waals surface area contributed by atoms with E-state index in [-0.39, 0.29) is 12.3 Å². The lowest BCUT2D eigenvalue weighted by Crippen LogP contribution is -2.34. The molecule has 3 aromatic carbocycles. The first-order valence-corrected chi connectivity index (χ1v) is 11.9. The van der Waals surface area contributed by atoms with Gasteiger partial charge in [-0.15, -0.1) is 0 Å². The average molecular weight is 617 g/mol. The summed E-state index contributed by atoms with van der Waals surface area (Å²) in [4.78, 5) is 36.9. The smallest absolute Gasteiger partial charge is 0.344 e. The van der Waals surface area contributed by atoms with Gasteiger partial charge in [-0.25, -0.2) is 10.2 Å². The Balaban J connectivity index is 1.55. The van der Waals surface area contributed by atoms with E-state index in [0.717, 1.165) is 3.57 Å². The maximum absolute atomic E-state index is 12.5. The van der Waals surface area contributed by atoms with E-state index in [0.29, 0.717) is 33.9 Å². The SMILES string of the molecule is COc1ccc(C(=O)NCC(=O)N/N=C/c2ccc(OC(=O)c3ccccc3I)c(OC)c2)cc1OC. The number of ether oxygens (including phenoxy) is 4. The molecule has 11 heteroatoms. The second-order valence-electron chi connectivity index (χ2n) is 7.33. The molecule has 0 aliphatic rings. The number of hydrogen-bond acceptors (Lipinski definition) is 8. The van der Waals surface area contributed by atoms with Crippen LogP contribution in [0.2, 0.25) is 0 Å². The third kappa shape index (κ3) is 7.43. The average Bonchev–Trinajstić information content (AvgIpc) is 2.92. The van der Waals surface area contributed by atoms with E-state index in [2.05, 4.69) is 38.4 Å². The quantitative estimate of drug-likeness (QED) is 0.118. The number of esters is 1. The number of halogens is 1. The normalized spacial score (nSPS) is 10.5. The highest BCUT2D eigenvalue weighted by Crippen LogP contribution is 2.29. The summed E-state index contributed by atoms with van der Waals surface area (Å²) in [7, 11) is 4.41. The van der Waals surface area contributed by atoms with Crippen LogP contribution in [0.4, 0.5) is 0 Å². The molecule has 10 nitrogen and oxygen atoms in total. The van der Waals surface area contributed by atoms with Gasteiger partial charge in [-0.05, 0) is 76.7 Å². The standard InChI is InChI=1S/C26H24IN3O7/c1-34-20-11-9-17(13-23(20)36-3)25(32)28-15-24(31)30-29-14-16-8-10-21(22(12-16)35-2)37-26(33)18-6-4-5-7-19(18)27/h4-14H,15H2,1-3H3,(H,28,32)(H,30,31)/b29-14+. The van der Waals surface area contributed by atoms with Crippen molar-refractivity contribution in [3.63, 3.8) is 0 Å². The Labute approximate surface area is 227 Å². The maximum atomic E-state index is 12.5. The van der Waals surface area contributed by atoms with Gasteiger partial charge in [0.2, 0.25) is 0 Å². The minimum absolute atomic E-state index is 0.242. The fourth-order valence-electron chi connectivity index (χ4n) is 3.09. The van der Waals surface area contributed by atoms with Gasteiger partial charge in [0.1, 0.15) is 0 Å². The molecule has 0 saturated carbocycles. The van der Waals surface area contributed by atoms with Gasteiger partial charge in [-0.2, -0.15) is 5.10 Å². The van der Waals surface area contributed by atoms with Gasteiger partial charge in [0.05, 0.1) is 39.7 Å². The predicted octanol–water partition coefficient (Wildman–Crippen LogP) is 3.42. The molecule has 0 aromatic heterocycles. The number of hydrazone groups is 1. The lowest BCUT2D eigenvalue weighted by molar-refractivity contribution is -0.120. The monoisotopic (exact) mass is 617 g/mol. The van der Waals surface area contributed by atoms with Gasteiger partial charge in [-0.1, -0.05) is 12.1 Å². The van der Waals surface area contributed by atoms with E-state index >= 15 is 0 Å². The van der Waals surface area contributed by atoms with Crippen LogP contribution in [0.1, 0.15) is 26.3 Å². The zero-order chi connectivity index (χ0) is 26.8. The number of carbonyl (C=O) groups is 3. The summed E-state index contributed by atoms with van der Waals surface area (Å²) in [6.07, 6.45) is 1.39. The van der Waals surface area contributed by atoms with Gasteiger partial charge < -0.3 is 24.3 Å². The van der Waals surface area contributed by atoms with Crippen molar-refractivity contribution in [2.45, 2.75) is 0 Å². The molecular formula is C26H24IN3O7. The summed E-state index contributed by atoms with van der Waals surface area (Å²) < 4.78 is 21.9. The molecule has 37 heavy (non-hydrogen) atoms. The lowest BCUT2D eigenvalue weighted by atomic mass is 10.2. The maximum Gasteiger partial charge on any atom is 0.344 e. The van der Waals surface area contributed by atoms with Gasteiger partial charge in [-0.3, -0.25) is 9.59 Å². The minimum Gasteiger partial charge on any atom is -0.493 e. The van der Waals surface area contributed by atoms with Crippen molar-refractivity contribution in [3.05, 3.63) is 80.9 Å². The summed E-state index contributed by atoms with van der Waals surface area (Å²) >= 11 is 2.06. The summed E-state index contributed by atoms with van der Waals surface area (Å²) in [6.45, 7) is -0.291. The van der Waals surface area contributed by atoms with Crippen LogP contribution in [-0.4, -0.2) is 51.9 Å². The van der Waals surface area contributed by atoms with Crippen LogP contribution < -0.4 is 29.7 Å². The van der Waals surface area contributed by atoms with E-state index in [1.807, 2.05) is 12.1 Å². The number of nitrogens with one attached hydrogen (secondary N) is 2. The molecular weight excluding hydrogens is 593 g/mol. The number of methoxy groups -OCH3 is 3. The van der Waals surface area contributed by atoms with Gasteiger partial charge in [0.15, 0.2) is 23.0 Å². The first kappa shape index (κ1) is 27.5. The lowest BCUT2D eigenvalue weighted by Gasteiger charge is -2.10. The highest BCUT2D eigenvalue weighted by Gasteiger charge is 2.15. The Morgan fingerprint density at radius 3 is 2.24 bits per heavy atom. The van der Waals surface area contributed by atoms with Gasteiger partial charge in [0, 0.05) is 9.13 Å². The number of nitrogens with zero attached hydrogens (tertiary/aromatic N) is 1. The van der Waals surface area contributed by atoms with Crippen molar-refractivity contribution < 1.29 is 33.3 Å². The molecule has 0 aliphatic heterocycles. The molecule has 0 bridgehead atoms. The Morgan fingerprint density at radius 2 is 1.54 bits per heavy atom. The van der Waals surface area contributed by atoms with E-state index in [9.17, 15) is 14.4 Å². The van der Waals surface area contributed by atoms with Crippen LogP contribution in [0.25, 0.3) is 0 Å². The molecule has 3 aromatic rings. The van der Waals surface area contributed by atoms with Crippen LogP contribution in [0.5, 0.6) is 23.0 Å². The van der Waals surface area contributed by atoms with Crippen LogP contribution in [0.15, 0.2) is 65.8 Å². The Bertz CT molecular complexity index is 1330. The molecule has 0 heterocycles. The van der Waals surface area contributed by atoms with Crippen molar-refractivity contribution in [1.82, 2.24) is 10.7 Å². The number of carbonyl (C=O) groups excluding carboxylic acids is 3. The molecule has 0 atom stereocenters. The van der Waals surface area contributed by atoms with E-state index < -0.39 is 17.8 Å². The summed E-state index contributed by atoms with van der Waals surface area (Å²) in [6, 6.07) is 16.6. The molecule has 192 valence electrons. The zero-order valence-corrected chi connectivity index (χ0v) is 22.4. The van der Waals surface area contributed by atoms with E-state index in [4.69, 9.17) is 18.9 Å². The Hall–Kier alpha value is -4.13. The minimum atomic E-state index is -0.528. The largest absolute Gasteiger partial charge is 0.493 e. The van der Waals surface area contributed by atoms with Crippen LogP contribution in [0.3, 0.4) is 0 Å².